The van der Waals surface area contributed by atoms with E-state index >= 15 is 0 Å². The third-order valence-electron chi connectivity index (χ3n) is 2.17. The molecule has 0 saturated heterocycles. The van der Waals surface area contributed by atoms with Gasteiger partial charge in [0.05, 0.1) is 10.6 Å². The minimum Gasteiger partial charge on any atom is -0.368 e. The molecule has 3 N–H and O–H groups in total. The van der Waals surface area contributed by atoms with E-state index in [1.54, 1.807) is 18.2 Å². The van der Waals surface area contributed by atoms with Crippen LogP contribution in [0.3, 0.4) is 0 Å². The second-order valence-electron chi connectivity index (χ2n) is 3.47. The van der Waals surface area contributed by atoms with Crippen LogP contribution in [-0.2, 0) is 0 Å². The first-order valence-electron chi connectivity index (χ1n) is 4.96. The molecule has 7 nitrogen and oxygen atoms in total. The van der Waals surface area contributed by atoms with Crippen LogP contribution >= 0.6 is 27.5 Å². The fraction of sp³-hybridized carbons (Fsp3) is 0. The summed E-state index contributed by atoms with van der Waals surface area (Å²) in [7, 11) is 0. The molecule has 0 aliphatic carbocycles. The van der Waals surface area contributed by atoms with Gasteiger partial charge in [0, 0.05) is 9.50 Å². The second kappa shape index (κ2) is 5.37. The Kier molecular flexibility index (Phi) is 3.82. The van der Waals surface area contributed by atoms with Crippen molar-refractivity contribution in [3.8, 4) is 0 Å². The van der Waals surface area contributed by atoms with Crippen molar-refractivity contribution in [3.05, 3.63) is 44.0 Å². The number of nitro groups is 1. The summed E-state index contributed by atoms with van der Waals surface area (Å²) in [5.41, 5.74) is 5.69. The Bertz CT molecular complexity index is 652. The van der Waals surface area contributed by atoms with Crippen LogP contribution in [0.4, 0.5) is 23.1 Å². The number of anilines is 3. The zero-order valence-corrected chi connectivity index (χ0v) is 11.6. The van der Waals surface area contributed by atoms with Gasteiger partial charge in [0.2, 0.25) is 11.8 Å². The van der Waals surface area contributed by atoms with Crippen LogP contribution in [0.25, 0.3) is 0 Å². The summed E-state index contributed by atoms with van der Waals surface area (Å²) in [6.07, 6.45) is 1.04. The summed E-state index contributed by atoms with van der Waals surface area (Å²) >= 11 is 9.17. The smallest absolute Gasteiger partial charge is 0.329 e. The van der Waals surface area contributed by atoms with Gasteiger partial charge in [0.25, 0.3) is 0 Å². The van der Waals surface area contributed by atoms with Gasteiger partial charge in [-0.25, -0.2) is 4.98 Å². The lowest BCUT2D eigenvalue weighted by atomic mass is 10.3. The minimum absolute atomic E-state index is 0.000432. The Balaban J connectivity index is 2.45. The van der Waals surface area contributed by atoms with Gasteiger partial charge in [-0.3, -0.25) is 10.1 Å². The zero-order valence-electron chi connectivity index (χ0n) is 9.30. The molecule has 0 spiro atoms. The number of hydrogen-bond donors (Lipinski definition) is 2. The maximum Gasteiger partial charge on any atom is 0.329 e. The van der Waals surface area contributed by atoms with Crippen molar-refractivity contribution >= 4 is 50.7 Å². The molecule has 0 saturated carbocycles. The summed E-state index contributed by atoms with van der Waals surface area (Å²) in [5.74, 6) is -0.0632. The van der Waals surface area contributed by atoms with Crippen LogP contribution < -0.4 is 11.1 Å². The van der Waals surface area contributed by atoms with E-state index in [-0.39, 0.29) is 17.5 Å². The number of hydrogen-bond acceptors (Lipinski definition) is 6. The van der Waals surface area contributed by atoms with E-state index in [1.807, 2.05) is 0 Å². The third kappa shape index (κ3) is 3.09. The molecule has 2 aromatic rings. The van der Waals surface area contributed by atoms with E-state index in [1.165, 1.54) is 0 Å². The Morgan fingerprint density at radius 2 is 2.21 bits per heavy atom. The highest BCUT2D eigenvalue weighted by molar-refractivity contribution is 9.10. The SMILES string of the molecule is Nc1ncc([N+](=O)[O-])c(Nc2cc(Cl)ccc2Br)n1. The highest BCUT2D eigenvalue weighted by atomic mass is 79.9. The fourth-order valence-electron chi connectivity index (χ4n) is 1.34. The van der Waals surface area contributed by atoms with Gasteiger partial charge in [-0.2, -0.15) is 4.98 Å². The molecule has 98 valence electrons. The molecule has 0 fully saturated rings. The maximum atomic E-state index is 10.9. The van der Waals surface area contributed by atoms with Gasteiger partial charge in [-0.1, -0.05) is 11.6 Å². The van der Waals surface area contributed by atoms with E-state index in [0.717, 1.165) is 6.20 Å². The van der Waals surface area contributed by atoms with Crippen molar-refractivity contribution in [1.82, 2.24) is 9.97 Å². The lowest BCUT2D eigenvalue weighted by Crippen LogP contribution is -2.04. The molecule has 2 rings (SSSR count). The van der Waals surface area contributed by atoms with Gasteiger partial charge in [-0.15, -0.1) is 0 Å². The molecule has 1 aromatic heterocycles. The number of rotatable bonds is 3. The first kappa shape index (κ1) is 13.5. The van der Waals surface area contributed by atoms with Gasteiger partial charge >= 0.3 is 5.69 Å². The molecule has 0 radical (unpaired) electrons. The lowest BCUT2D eigenvalue weighted by molar-refractivity contribution is -0.384. The number of nitrogens with zero attached hydrogens (tertiary/aromatic N) is 3. The summed E-state index contributed by atoms with van der Waals surface area (Å²) in [6, 6.07) is 4.99. The Morgan fingerprint density at radius 1 is 1.47 bits per heavy atom. The van der Waals surface area contributed by atoms with Crippen LogP contribution in [0, 0.1) is 10.1 Å². The largest absolute Gasteiger partial charge is 0.368 e. The number of benzene rings is 1. The lowest BCUT2D eigenvalue weighted by Gasteiger charge is -2.08. The zero-order chi connectivity index (χ0) is 14.0. The number of nitrogen functional groups attached to an aromatic ring is 1. The normalized spacial score (nSPS) is 10.2. The van der Waals surface area contributed by atoms with E-state index in [0.29, 0.717) is 15.2 Å². The summed E-state index contributed by atoms with van der Waals surface area (Å²) in [6.45, 7) is 0. The van der Waals surface area contributed by atoms with Crippen LogP contribution in [0.1, 0.15) is 0 Å². The molecule has 0 aliphatic rings. The number of aromatic nitrogens is 2. The van der Waals surface area contributed by atoms with E-state index in [4.69, 9.17) is 17.3 Å². The van der Waals surface area contributed by atoms with Gasteiger partial charge in [0.15, 0.2) is 0 Å². The molecule has 0 aliphatic heterocycles. The molecule has 0 atom stereocenters. The second-order valence-corrected chi connectivity index (χ2v) is 4.76. The molecule has 0 bridgehead atoms. The average Bonchev–Trinajstić information content (AvgIpc) is 2.33. The van der Waals surface area contributed by atoms with Crippen LogP contribution in [0.2, 0.25) is 5.02 Å². The summed E-state index contributed by atoms with van der Waals surface area (Å²) in [4.78, 5) is 17.7. The maximum absolute atomic E-state index is 10.9. The number of nitrogens with one attached hydrogen (secondary N) is 1. The van der Waals surface area contributed by atoms with Crippen molar-refractivity contribution in [2.24, 2.45) is 0 Å². The molecule has 1 heterocycles. The van der Waals surface area contributed by atoms with Crippen molar-refractivity contribution < 1.29 is 4.92 Å². The van der Waals surface area contributed by atoms with Crippen LogP contribution in [0.5, 0.6) is 0 Å². The summed E-state index contributed by atoms with van der Waals surface area (Å²) < 4.78 is 0.684. The highest BCUT2D eigenvalue weighted by Crippen LogP contribution is 2.31. The number of halogens is 2. The average molecular weight is 345 g/mol. The molecular weight excluding hydrogens is 337 g/mol. The third-order valence-corrected chi connectivity index (χ3v) is 3.09. The number of nitrogens with two attached hydrogens (primary N) is 1. The van der Waals surface area contributed by atoms with E-state index < -0.39 is 4.92 Å². The predicted octanol–water partition coefficient (Wildman–Crippen LogP) is 3.13. The fourth-order valence-corrected chi connectivity index (χ4v) is 1.85. The molecule has 9 heteroatoms. The van der Waals surface area contributed by atoms with E-state index in [2.05, 4.69) is 31.2 Å². The van der Waals surface area contributed by atoms with Crippen molar-refractivity contribution in [3.63, 3.8) is 0 Å². The van der Waals surface area contributed by atoms with Gasteiger partial charge in [0.1, 0.15) is 6.20 Å². The Labute approximate surface area is 121 Å². The van der Waals surface area contributed by atoms with Gasteiger partial charge in [-0.05, 0) is 34.1 Å². The molecule has 0 unspecified atom stereocenters. The van der Waals surface area contributed by atoms with Crippen molar-refractivity contribution in [2.75, 3.05) is 11.1 Å². The van der Waals surface area contributed by atoms with Crippen LogP contribution in [0.15, 0.2) is 28.9 Å². The summed E-state index contributed by atoms with van der Waals surface area (Å²) in [5, 5.41) is 14.2. The Morgan fingerprint density at radius 3 is 2.89 bits per heavy atom. The molecule has 0 amide bonds. The first-order valence-corrected chi connectivity index (χ1v) is 6.13. The van der Waals surface area contributed by atoms with E-state index in [9.17, 15) is 10.1 Å². The molecular formula is C10H7BrClN5O2. The first-order chi connectivity index (χ1) is 8.97. The Hall–Kier alpha value is -1.93. The monoisotopic (exact) mass is 343 g/mol. The molecule has 1 aromatic carbocycles. The van der Waals surface area contributed by atoms with Crippen molar-refractivity contribution in [1.29, 1.82) is 0 Å². The molecule has 19 heavy (non-hydrogen) atoms. The minimum atomic E-state index is -0.597. The van der Waals surface area contributed by atoms with Crippen LogP contribution in [-0.4, -0.2) is 14.9 Å². The standard InChI is InChI=1S/C10H7BrClN5O2/c11-6-2-1-5(12)3-7(6)15-9-8(17(18)19)4-14-10(13)16-9/h1-4H,(H3,13,14,15,16). The topological polar surface area (TPSA) is 107 Å². The van der Waals surface area contributed by atoms with Gasteiger partial charge < -0.3 is 11.1 Å². The predicted molar refractivity (Wildman–Crippen MR) is 75.5 cm³/mol. The highest BCUT2D eigenvalue weighted by Gasteiger charge is 2.17. The quantitative estimate of drug-likeness (QED) is 0.654. The van der Waals surface area contributed by atoms with Crippen molar-refractivity contribution in [2.45, 2.75) is 0 Å².